The number of aromatic carboxylic acids is 1. The van der Waals surface area contributed by atoms with Gasteiger partial charge in [-0.3, -0.25) is 9.59 Å². The topological polar surface area (TPSA) is 102 Å². The van der Waals surface area contributed by atoms with Crippen molar-refractivity contribution in [3.8, 4) is 11.3 Å². The number of halogens is 4. The third kappa shape index (κ3) is 4.59. The third-order valence-corrected chi connectivity index (χ3v) is 9.06. The molecule has 1 atom stereocenters. The molecule has 2 fully saturated rings. The molecule has 2 aliphatic carbocycles. The van der Waals surface area contributed by atoms with Crippen LogP contribution in [-0.4, -0.2) is 70.3 Å². The summed E-state index contributed by atoms with van der Waals surface area (Å²) in [6, 6.07) is 7.85. The van der Waals surface area contributed by atoms with Gasteiger partial charge in [0.25, 0.3) is 5.91 Å². The van der Waals surface area contributed by atoms with Gasteiger partial charge < -0.3 is 14.7 Å². The van der Waals surface area contributed by atoms with Gasteiger partial charge >= 0.3 is 5.97 Å². The molecule has 0 spiro atoms. The minimum Gasteiger partial charge on any atom is -0.478 e. The number of aromatic nitrogens is 2. The van der Waals surface area contributed by atoms with E-state index in [1.807, 2.05) is 0 Å². The minimum atomic E-state index is -2.71. The van der Waals surface area contributed by atoms with Gasteiger partial charge in [0.2, 0.25) is 12.3 Å². The molecule has 1 saturated carbocycles. The molecule has 1 N–H and O–H groups in total. The standard InChI is InChI=1S/C30H27ClF3N3O5/c1-42-17-13-36(14-17)26(38)15-5-8-19-23(12-15)37(35-25(19)18-7-6-16(28(40)41)11-22(18)32)27(39)24-20(3-2-4-21(24)31)30(9-10-30)29(33)34/h2-4,6-7,11,15,17,29H,5,8-10,12-14H2,1H3,(H,40,41). The highest BCUT2D eigenvalue weighted by Gasteiger charge is 2.54. The van der Waals surface area contributed by atoms with Crippen LogP contribution in [0.5, 0.6) is 0 Å². The van der Waals surface area contributed by atoms with Crippen molar-refractivity contribution in [1.82, 2.24) is 14.7 Å². The van der Waals surface area contributed by atoms with Crippen LogP contribution >= 0.6 is 11.6 Å². The molecule has 42 heavy (non-hydrogen) atoms. The second kappa shape index (κ2) is 10.5. The summed E-state index contributed by atoms with van der Waals surface area (Å²) in [7, 11) is 1.58. The quantitative estimate of drug-likeness (QED) is 0.410. The molecule has 1 aliphatic heterocycles. The van der Waals surface area contributed by atoms with Crippen molar-refractivity contribution in [1.29, 1.82) is 0 Å². The first-order chi connectivity index (χ1) is 20.1. The van der Waals surface area contributed by atoms with E-state index < -0.39 is 35.5 Å². The Morgan fingerprint density at radius 2 is 1.90 bits per heavy atom. The molecular formula is C30H27ClF3N3O5. The Hall–Kier alpha value is -3.70. The number of benzene rings is 2. The number of carboxylic acids is 1. The molecule has 1 saturated heterocycles. The lowest BCUT2D eigenvalue weighted by atomic mass is 9.84. The van der Waals surface area contributed by atoms with Crippen LogP contribution in [0.2, 0.25) is 5.02 Å². The summed E-state index contributed by atoms with van der Waals surface area (Å²) in [6.45, 7) is 0.921. The number of hydrogen-bond donors (Lipinski definition) is 1. The van der Waals surface area contributed by atoms with Gasteiger partial charge in [-0.05, 0) is 55.5 Å². The number of alkyl halides is 2. The first kappa shape index (κ1) is 28.4. The number of amides is 1. The number of fused-ring (bicyclic) bond motifs is 1. The number of hydrogen-bond acceptors (Lipinski definition) is 5. The summed E-state index contributed by atoms with van der Waals surface area (Å²) < 4.78 is 49.9. The highest BCUT2D eigenvalue weighted by molar-refractivity contribution is 6.34. The second-order valence-electron chi connectivity index (χ2n) is 11.2. The summed E-state index contributed by atoms with van der Waals surface area (Å²) in [4.78, 5) is 40.5. The van der Waals surface area contributed by atoms with Crippen molar-refractivity contribution in [2.75, 3.05) is 20.2 Å². The predicted octanol–water partition coefficient (Wildman–Crippen LogP) is 4.99. The highest BCUT2D eigenvalue weighted by Crippen LogP contribution is 2.54. The Bertz CT molecular complexity index is 1610. The van der Waals surface area contributed by atoms with Crippen LogP contribution in [0.1, 0.15) is 56.8 Å². The number of carbonyl (C=O) groups excluding carboxylic acids is 2. The fourth-order valence-corrected chi connectivity index (χ4v) is 6.33. The number of likely N-dealkylation sites (tertiary alicyclic amines) is 1. The number of carboxylic acid groups (broad SMARTS) is 1. The molecule has 2 heterocycles. The molecule has 220 valence electrons. The Morgan fingerprint density at radius 1 is 1.17 bits per heavy atom. The zero-order chi connectivity index (χ0) is 29.9. The lowest BCUT2D eigenvalue weighted by Crippen LogP contribution is -2.56. The average Bonchev–Trinajstić information content (AvgIpc) is 3.67. The summed E-state index contributed by atoms with van der Waals surface area (Å²) in [5.74, 6) is -3.46. The highest BCUT2D eigenvalue weighted by atomic mass is 35.5. The van der Waals surface area contributed by atoms with Gasteiger partial charge in [0.15, 0.2) is 0 Å². The van der Waals surface area contributed by atoms with Gasteiger partial charge in [-0.25, -0.2) is 18.0 Å². The van der Waals surface area contributed by atoms with E-state index in [4.69, 9.17) is 16.3 Å². The Labute approximate surface area is 244 Å². The Balaban J connectivity index is 1.45. The maximum absolute atomic E-state index is 15.2. The lowest BCUT2D eigenvalue weighted by Gasteiger charge is -2.40. The van der Waals surface area contributed by atoms with Gasteiger partial charge in [0.1, 0.15) is 5.82 Å². The first-order valence-electron chi connectivity index (χ1n) is 13.6. The van der Waals surface area contributed by atoms with Crippen LogP contribution in [0.25, 0.3) is 11.3 Å². The van der Waals surface area contributed by atoms with Crippen LogP contribution in [0.4, 0.5) is 13.2 Å². The van der Waals surface area contributed by atoms with Crippen LogP contribution in [-0.2, 0) is 27.8 Å². The molecule has 0 bridgehead atoms. The number of methoxy groups -OCH3 is 1. The fourth-order valence-electron chi connectivity index (χ4n) is 6.07. The molecule has 1 amide bonds. The zero-order valence-electron chi connectivity index (χ0n) is 22.6. The largest absolute Gasteiger partial charge is 0.478 e. The first-order valence-corrected chi connectivity index (χ1v) is 14.0. The van der Waals surface area contributed by atoms with E-state index in [9.17, 15) is 28.3 Å². The van der Waals surface area contributed by atoms with Crippen molar-refractivity contribution in [2.24, 2.45) is 5.92 Å². The maximum Gasteiger partial charge on any atom is 0.335 e. The number of ether oxygens (including phenoxy) is 1. The molecule has 0 radical (unpaired) electrons. The summed E-state index contributed by atoms with van der Waals surface area (Å²) in [5.41, 5.74) is -0.679. The Kier molecular flexibility index (Phi) is 7.13. The minimum absolute atomic E-state index is 0.0103. The SMILES string of the molecule is COC1CN(C(=O)C2CCc3c(-c4ccc(C(=O)O)cc4F)nn(C(=O)c4c(Cl)cccc4C4(C(F)F)CC4)c3C2)C1. The molecule has 1 aromatic heterocycles. The molecule has 3 aromatic rings. The number of nitrogens with zero attached hydrogens (tertiary/aromatic N) is 3. The van der Waals surface area contributed by atoms with Crippen LogP contribution in [0.15, 0.2) is 36.4 Å². The van der Waals surface area contributed by atoms with E-state index in [0.717, 1.165) is 10.7 Å². The van der Waals surface area contributed by atoms with E-state index >= 15 is 4.39 Å². The molecule has 8 nitrogen and oxygen atoms in total. The van der Waals surface area contributed by atoms with Gasteiger partial charge in [-0.1, -0.05) is 23.7 Å². The van der Waals surface area contributed by atoms with E-state index in [0.29, 0.717) is 37.2 Å². The summed E-state index contributed by atoms with van der Waals surface area (Å²) in [6.07, 6.45) is -1.50. The lowest BCUT2D eigenvalue weighted by molar-refractivity contribution is -0.147. The van der Waals surface area contributed by atoms with Crippen molar-refractivity contribution in [3.05, 3.63) is 75.2 Å². The van der Waals surface area contributed by atoms with Crippen molar-refractivity contribution in [2.45, 2.75) is 50.0 Å². The second-order valence-corrected chi connectivity index (χ2v) is 11.6. The summed E-state index contributed by atoms with van der Waals surface area (Å²) >= 11 is 6.47. The number of rotatable bonds is 7. The predicted molar refractivity (Wildman–Crippen MR) is 146 cm³/mol. The van der Waals surface area contributed by atoms with E-state index in [1.165, 1.54) is 30.3 Å². The van der Waals surface area contributed by atoms with Crippen molar-refractivity contribution in [3.63, 3.8) is 0 Å². The van der Waals surface area contributed by atoms with Crippen LogP contribution < -0.4 is 0 Å². The summed E-state index contributed by atoms with van der Waals surface area (Å²) in [5, 5.41) is 13.7. The molecule has 3 aliphatic rings. The smallest absolute Gasteiger partial charge is 0.335 e. The molecule has 6 rings (SSSR count). The van der Waals surface area contributed by atoms with Crippen molar-refractivity contribution < 1.29 is 37.4 Å². The van der Waals surface area contributed by atoms with E-state index in [-0.39, 0.29) is 64.2 Å². The molecule has 1 unspecified atom stereocenters. The van der Waals surface area contributed by atoms with Gasteiger partial charge in [0.05, 0.1) is 39.1 Å². The fraction of sp³-hybridized carbons (Fsp3) is 0.400. The number of carbonyl (C=O) groups is 3. The zero-order valence-corrected chi connectivity index (χ0v) is 23.3. The monoisotopic (exact) mass is 601 g/mol. The molecular weight excluding hydrogens is 575 g/mol. The third-order valence-electron chi connectivity index (χ3n) is 8.75. The van der Waals surface area contributed by atoms with Crippen LogP contribution in [0, 0.1) is 11.7 Å². The van der Waals surface area contributed by atoms with Crippen molar-refractivity contribution >= 4 is 29.4 Å². The Morgan fingerprint density at radius 3 is 2.52 bits per heavy atom. The van der Waals surface area contributed by atoms with E-state index in [2.05, 4.69) is 5.10 Å². The van der Waals surface area contributed by atoms with Crippen LogP contribution in [0.3, 0.4) is 0 Å². The van der Waals surface area contributed by atoms with Gasteiger partial charge in [0, 0.05) is 43.7 Å². The maximum atomic E-state index is 15.2. The van der Waals surface area contributed by atoms with E-state index in [1.54, 1.807) is 12.0 Å². The molecule has 2 aromatic carbocycles. The molecule has 12 heteroatoms. The van der Waals surface area contributed by atoms with Gasteiger partial charge in [-0.15, -0.1) is 0 Å². The van der Waals surface area contributed by atoms with Gasteiger partial charge in [-0.2, -0.15) is 9.78 Å². The normalized spacial score (nSPS) is 19.4. The average molecular weight is 602 g/mol.